The molecule has 2 aliphatic rings. The molecular weight excluding hydrogens is 290 g/mol. The van der Waals surface area contributed by atoms with Crippen molar-refractivity contribution in [2.75, 3.05) is 18.9 Å². The van der Waals surface area contributed by atoms with Crippen LogP contribution in [0, 0.1) is 0 Å². The zero-order valence-corrected chi connectivity index (χ0v) is 13.1. The Hall–Kier alpha value is -2.50. The number of anilines is 1. The van der Waals surface area contributed by atoms with Gasteiger partial charge >= 0.3 is 0 Å². The number of amides is 1. The summed E-state index contributed by atoms with van der Waals surface area (Å²) in [5.41, 5.74) is 3.01. The summed E-state index contributed by atoms with van der Waals surface area (Å²) in [5, 5.41) is 3.36. The lowest BCUT2D eigenvalue weighted by atomic mass is 10.2. The number of aryl methyl sites for hydroxylation is 1. The fraction of sp³-hybridized carbons (Fsp3) is 0.412. The fourth-order valence-corrected chi connectivity index (χ4v) is 3.28. The van der Waals surface area contributed by atoms with Crippen molar-refractivity contribution in [3.63, 3.8) is 0 Å². The first-order chi connectivity index (χ1) is 11.2. The second-order valence-electron chi connectivity index (χ2n) is 6.13. The van der Waals surface area contributed by atoms with Crippen LogP contribution < -0.4 is 5.32 Å². The van der Waals surface area contributed by atoms with Crippen LogP contribution in [-0.4, -0.2) is 45.4 Å². The molecule has 118 valence electrons. The van der Waals surface area contributed by atoms with Crippen LogP contribution in [0.2, 0.25) is 0 Å². The quantitative estimate of drug-likeness (QED) is 0.934. The summed E-state index contributed by atoms with van der Waals surface area (Å²) in [6.07, 6.45) is 5.58. The molecule has 1 fully saturated rings. The topological polar surface area (TPSA) is 71.0 Å². The first kappa shape index (κ1) is 14.1. The van der Waals surface area contributed by atoms with Gasteiger partial charge in [0.15, 0.2) is 5.82 Å². The highest BCUT2D eigenvalue weighted by Gasteiger charge is 2.31. The molecule has 2 aromatic heterocycles. The second kappa shape index (κ2) is 5.61. The predicted octanol–water partition coefficient (Wildman–Crippen LogP) is 1.67. The molecule has 0 unspecified atom stereocenters. The van der Waals surface area contributed by atoms with Crippen LogP contribution in [0.1, 0.15) is 24.1 Å². The summed E-state index contributed by atoms with van der Waals surface area (Å²) in [4.78, 5) is 27.6. The van der Waals surface area contributed by atoms with E-state index < -0.39 is 0 Å². The number of likely N-dealkylation sites (tertiary alicyclic amines) is 1. The lowest BCUT2D eigenvalue weighted by molar-refractivity contribution is -0.127. The number of carbonyl (C=O) groups excluding carboxylic acids is 1. The Morgan fingerprint density at radius 2 is 2.17 bits per heavy atom. The van der Waals surface area contributed by atoms with E-state index in [4.69, 9.17) is 0 Å². The molecule has 0 saturated carbocycles. The predicted molar refractivity (Wildman–Crippen MR) is 87.0 cm³/mol. The molecule has 23 heavy (non-hydrogen) atoms. The molecule has 2 aromatic rings. The molecule has 1 atom stereocenters. The average molecular weight is 309 g/mol. The Labute approximate surface area is 135 Å². The Kier molecular flexibility index (Phi) is 3.44. The van der Waals surface area contributed by atoms with Gasteiger partial charge in [0.2, 0.25) is 5.91 Å². The van der Waals surface area contributed by atoms with Gasteiger partial charge in [-0.3, -0.25) is 9.78 Å². The Morgan fingerprint density at radius 3 is 2.91 bits per heavy atom. The van der Waals surface area contributed by atoms with E-state index in [1.165, 1.54) is 0 Å². The molecule has 0 aromatic carbocycles. The maximum Gasteiger partial charge on any atom is 0.244 e. The molecule has 1 saturated heterocycles. The van der Waals surface area contributed by atoms with Gasteiger partial charge in [-0.2, -0.15) is 0 Å². The number of rotatable bonds is 3. The standard InChI is InChI=1S/C17H19N5O/c1-22-10-8-14(17(22)23)20-15-11-5-4-7-12(11)19-16(21-15)13-6-2-3-9-18-13/h2-3,6,9,14H,4-5,7-8,10H2,1H3,(H,19,20,21)/t14-/m1/s1. The van der Waals surface area contributed by atoms with Crippen molar-refractivity contribution >= 4 is 11.7 Å². The number of aromatic nitrogens is 3. The van der Waals surface area contributed by atoms with Crippen molar-refractivity contribution < 1.29 is 4.79 Å². The van der Waals surface area contributed by atoms with Gasteiger partial charge in [-0.05, 0) is 37.8 Å². The molecule has 1 N–H and O–H groups in total. The third-order valence-electron chi connectivity index (χ3n) is 4.57. The highest BCUT2D eigenvalue weighted by Crippen LogP contribution is 2.30. The molecule has 3 heterocycles. The van der Waals surface area contributed by atoms with Crippen LogP contribution >= 0.6 is 0 Å². The average Bonchev–Trinajstić information content (AvgIpc) is 3.17. The number of nitrogens with zero attached hydrogens (tertiary/aromatic N) is 4. The number of nitrogens with one attached hydrogen (secondary N) is 1. The summed E-state index contributed by atoms with van der Waals surface area (Å²) in [6.45, 7) is 0.789. The summed E-state index contributed by atoms with van der Waals surface area (Å²) in [7, 11) is 1.84. The normalized spacial score (nSPS) is 20.0. The Balaban J connectivity index is 1.71. The number of hydrogen-bond acceptors (Lipinski definition) is 5. The van der Waals surface area contributed by atoms with Gasteiger partial charge < -0.3 is 10.2 Å². The molecule has 6 nitrogen and oxygen atoms in total. The van der Waals surface area contributed by atoms with Crippen molar-refractivity contribution in [1.29, 1.82) is 0 Å². The Bertz CT molecular complexity index is 746. The van der Waals surface area contributed by atoms with Crippen LogP contribution in [0.5, 0.6) is 0 Å². The van der Waals surface area contributed by atoms with E-state index in [9.17, 15) is 4.79 Å². The lowest BCUT2D eigenvalue weighted by Crippen LogP contribution is -2.31. The van der Waals surface area contributed by atoms with Gasteiger partial charge in [0.05, 0.1) is 0 Å². The zero-order valence-electron chi connectivity index (χ0n) is 13.1. The summed E-state index contributed by atoms with van der Waals surface area (Å²) >= 11 is 0. The molecule has 1 amide bonds. The molecule has 6 heteroatoms. The third-order valence-corrected chi connectivity index (χ3v) is 4.57. The van der Waals surface area contributed by atoms with Crippen molar-refractivity contribution in [2.24, 2.45) is 0 Å². The van der Waals surface area contributed by atoms with E-state index in [1.54, 1.807) is 11.1 Å². The minimum Gasteiger partial charge on any atom is -0.358 e. The minimum absolute atomic E-state index is 0.134. The number of carbonyl (C=O) groups is 1. The SMILES string of the molecule is CN1CC[C@@H](Nc2nc(-c3ccccn3)nc3c2CCC3)C1=O. The van der Waals surface area contributed by atoms with Crippen LogP contribution in [0.25, 0.3) is 11.5 Å². The summed E-state index contributed by atoms with van der Waals surface area (Å²) in [6, 6.07) is 5.54. The number of hydrogen-bond donors (Lipinski definition) is 1. The monoisotopic (exact) mass is 309 g/mol. The number of fused-ring (bicyclic) bond motifs is 1. The van der Waals surface area contributed by atoms with E-state index in [2.05, 4.69) is 20.3 Å². The van der Waals surface area contributed by atoms with Gasteiger partial charge in [0, 0.05) is 31.0 Å². The van der Waals surface area contributed by atoms with Crippen molar-refractivity contribution in [3.05, 3.63) is 35.7 Å². The first-order valence-electron chi connectivity index (χ1n) is 8.05. The second-order valence-corrected chi connectivity index (χ2v) is 6.13. The van der Waals surface area contributed by atoms with Gasteiger partial charge in [0.25, 0.3) is 0 Å². The maximum atomic E-state index is 12.2. The molecule has 4 rings (SSSR count). The van der Waals surface area contributed by atoms with Crippen LogP contribution in [0.3, 0.4) is 0 Å². The maximum absolute atomic E-state index is 12.2. The van der Waals surface area contributed by atoms with E-state index in [0.29, 0.717) is 5.82 Å². The largest absolute Gasteiger partial charge is 0.358 e. The molecule has 0 bridgehead atoms. The highest BCUT2D eigenvalue weighted by molar-refractivity contribution is 5.86. The van der Waals surface area contributed by atoms with Gasteiger partial charge in [-0.15, -0.1) is 0 Å². The van der Waals surface area contributed by atoms with Crippen molar-refractivity contribution in [3.8, 4) is 11.5 Å². The fourth-order valence-electron chi connectivity index (χ4n) is 3.28. The van der Waals surface area contributed by atoms with Gasteiger partial charge in [-0.25, -0.2) is 9.97 Å². The van der Waals surface area contributed by atoms with Crippen LogP contribution in [-0.2, 0) is 17.6 Å². The zero-order chi connectivity index (χ0) is 15.8. The number of likely N-dealkylation sites (N-methyl/N-ethyl adjacent to an activating group) is 1. The van der Waals surface area contributed by atoms with Crippen molar-refractivity contribution in [2.45, 2.75) is 31.7 Å². The number of pyridine rings is 1. The van der Waals surface area contributed by atoms with E-state index >= 15 is 0 Å². The van der Waals surface area contributed by atoms with E-state index in [0.717, 1.165) is 55.0 Å². The third kappa shape index (κ3) is 2.54. The molecular formula is C17H19N5O. The summed E-state index contributed by atoms with van der Waals surface area (Å²) < 4.78 is 0. The Morgan fingerprint density at radius 1 is 1.26 bits per heavy atom. The smallest absolute Gasteiger partial charge is 0.244 e. The summed E-state index contributed by atoms with van der Waals surface area (Å²) in [5.74, 6) is 1.57. The first-order valence-corrected chi connectivity index (χ1v) is 8.05. The van der Waals surface area contributed by atoms with Crippen LogP contribution in [0.15, 0.2) is 24.4 Å². The lowest BCUT2D eigenvalue weighted by Gasteiger charge is -2.16. The highest BCUT2D eigenvalue weighted by atomic mass is 16.2. The molecule has 0 spiro atoms. The van der Waals surface area contributed by atoms with Crippen LogP contribution in [0.4, 0.5) is 5.82 Å². The van der Waals surface area contributed by atoms with E-state index in [1.807, 2.05) is 25.2 Å². The minimum atomic E-state index is -0.184. The van der Waals surface area contributed by atoms with Gasteiger partial charge in [-0.1, -0.05) is 6.07 Å². The molecule has 0 radical (unpaired) electrons. The molecule has 1 aliphatic heterocycles. The van der Waals surface area contributed by atoms with E-state index in [-0.39, 0.29) is 11.9 Å². The van der Waals surface area contributed by atoms with Crippen molar-refractivity contribution in [1.82, 2.24) is 19.9 Å². The van der Waals surface area contributed by atoms with Gasteiger partial charge in [0.1, 0.15) is 17.6 Å². The molecule has 1 aliphatic carbocycles.